The van der Waals surface area contributed by atoms with E-state index in [0.29, 0.717) is 5.75 Å². The first kappa shape index (κ1) is 13.9. The molecular weight excluding hydrogens is 272 g/mol. The number of carboxylic acid groups (broad SMARTS) is 1. The Balaban J connectivity index is 1.64. The van der Waals surface area contributed by atoms with Crippen molar-refractivity contribution in [2.45, 2.75) is 30.3 Å². The average molecular weight is 292 g/mol. The molecule has 0 amide bonds. The van der Waals surface area contributed by atoms with Gasteiger partial charge in [0.25, 0.3) is 0 Å². The fourth-order valence-corrected chi connectivity index (χ4v) is 4.60. The van der Waals surface area contributed by atoms with Gasteiger partial charge >= 0.3 is 5.97 Å². The van der Waals surface area contributed by atoms with Crippen molar-refractivity contribution < 1.29 is 9.90 Å². The Hall–Kier alpha value is -1.04. The molecule has 4 nitrogen and oxygen atoms in total. The second-order valence-electron chi connectivity index (χ2n) is 5.64. The van der Waals surface area contributed by atoms with Crippen molar-refractivity contribution in [1.82, 2.24) is 10.2 Å². The molecule has 5 heteroatoms. The number of nitrogens with one attached hydrogen (secondary N) is 1. The van der Waals surface area contributed by atoms with E-state index >= 15 is 0 Å². The number of benzene rings is 1. The van der Waals surface area contributed by atoms with Gasteiger partial charge in [-0.15, -0.1) is 11.8 Å². The van der Waals surface area contributed by atoms with Crippen molar-refractivity contribution in [2.24, 2.45) is 0 Å². The molecule has 2 aliphatic rings. The highest BCUT2D eigenvalue weighted by Gasteiger charge is 2.44. The second kappa shape index (κ2) is 5.76. The number of hydrogen-bond donors (Lipinski definition) is 2. The van der Waals surface area contributed by atoms with Crippen LogP contribution >= 0.6 is 11.8 Å². The van der Waals surface area contributed by atoms with Crippen LogP contribution in [0.1, 0.15) is 18.4 Å². The SMILES string of the molecule is O=C(O)[C@@H]1CS[C@@]2(CCCN(Cc3ccccc3)C2)N1. The normalized spacial score (nSPS) is 30.7. The van der Waals surface area contributed by atoms with Crippen molar-refractivity contribution in [3.63, 3.8) is 0 Å². The molecule has 3 rings (SSSR count). The van der Waals surface area contributed by atoms with Gasteiger partial charge in [0.15, 0.2) is 0 Å². The fourth-order valence-electron chi connectivity index (χ4n) is 3.10. The first-order valence-electron chi connectivity index (χ1n) is 7.08. The van der Waals surface area contributed by atoms with Crippen LogP contribution in [0, 0.1) is 0 Å². The maximum atomic E-state index is 11.1. The number of carbonyl (C=O) groups is 1. The van der Waals surface area contributed by atoms with Crippen LogP contribution in [-0.4, -0.2) is 45.7 Å². The lowest BCUT2D eigenvalue weighted by Gasteiger charge is -2.40. The number of nitrogens with zero attached hydrogens (tertiary/aromatic N) is 1. The standard InChI is InChI=1S/C15H20N2O2S/c18-14(19)13-10-20-15(16-13)7-4-8-17(11-15)9-12-5-2-1-3-6-12/h1-3,5-6,13,16H,4,7-11H2,(H,18,19)/t13-,15+/m0/s1. The Morgan fingerprint density at radius 3 is 2.95 bits per heavy atom. The minimum atomic E-state index is -0.727. The molecule has 2 heterocycles. The van der Waals surface area contributed by atoms with Crippen LogP contribution in [0.3, 0.4) is 0 Å². The first-order valence-corrected chi connectivity index (χ1v) is 8.06. The number of piperidine rings is 1. The molecular formula is C15H20N2O2S. The van der Waals surface area contributed by atoms with Crippen LogP contribution < -0.4 is 5.32 Å². The van der Waals surface area contributed by atoms with Gasteiger partial charge in [-0.25, -0.2) is 0 Å². The summed E-state index contributed by atoms with van der Waals surface area (Å²) in [4.78, 5) is 13.5. The highest BCUT2D eigenvalue weighted by atomic mass is 32.2. The van der Waals surface area contributed by atoms with Gasteiger partial charge in [0.1, 0.15) is 6.04 Å². The number of carboxylic acids is 1. The van der Waals surface area contributed by atoms with Crippen LogP contribution in [0.4, 0.5) is 0 Å². The molecule has 1 spiro atoms. The van der Waals surface area contributed by atoms with E-state index in [1.54, 1.807) is 11.8 Å². The molecule has 2 atom stereocenters. The summed E-state index contributed by atoms with van der Waals surface area (Å²) < 4.78 is 0. The molecule has 2 fully saturated rings. The third kappa shape index (κ3) is 3.00. The quantitative estimate of drug-likeness (QED) is 0.889. The maximum absolute atomic E-state index is 11.1. The molecule has 1 aromatic carbocycles. The topological polar surface area (TPSA) is 52.6 Å². The number of rotatable bonds is 3. The zero-order valence-corrected chi connectivity index (χ0v) is 12.2. The zero-order chi connectivity index (χ0) is 14.0. The van der Waals surface area contributed by atoms with E-state index in [4.69, 9.17) is 5.11 Å². The highest BCUT2D eigenvalue weighted by Crippen LogP contribution is 2.38. The molecule has 20 heavy (non-hydrogen) atoms. The lowest BCUT2D eigenvalue weighted by Crippen LogP contribution is -2.54. The smallest absolute Gasteiger partial charge is 0.321 e. The van der Waals surface area contributed by atoms with E-state index in [2.05, 4.69) is 34.5 Å². The van der Waals surface area contributed by atoms with E-state index in [-0.39, 0.29) is 4.87 Å². The van der Waals surface area contributed by atoms with Gasteiger partial charge in [0.2, 0.25) is 0 Å². The first-order chi connectivity index (χ1) is 9.67. The van der Waals surface area contributed by atoms with Gasteiger partial charge in [-0.2, -0.15) is 0 Å². The van der Waals surface area contributed by atoms with Crippen LogP contribution in [-0.2, 0) is 11.3 Å². The van der Waals surface area contributed by atoms with Crippen molar-refractivity contribution >= 4 is 17.7 Å². The minimum absolute atomic E-state index is 0.0594. The largest absolute Gasteiger partial charge is 0.480 e. The van der Waals surface area contributed by atoms with E-state index in [9.17, 15) is 4.79 Å². The molecule has 2 saturated heterocycles. The van der Waals surface area contributed by atoms with E-state index in [1.807, 2.05) is 6.07 Å². The highest BCUT2D eigenvalue weighted by molar-refractivity contribution is 8.01. The van der Waals surface area contributed by atoms with Gasteiger partial charge in [0.05, 0.1) is 4.87 Å². The molecule has 0 saturated carbocycles. The van der Waals surface area contributed by atoms with Crippen molar-refractivity contribution in [2.75, 3.05) is 18.8 Å². The summed E-state index contributed by atoms with van der Waals surface area (Å²) in [5, 5.41) is 12.5. The number of hydrogen-bond acceptors (Lipinski definition) is 4. The molecule has 108 valence electrons. The van der Waals surface area contributed by atoms with Crippen LogP contribution in [0.2, 0.25) is 0 Å². The summed E-state index contributed by atoms with van der Waals surface area (Å²) in [6, 6.07) is 10.1. The van der Waals surface area contributed by atoms with Crippen molar-refractivity contribution in [3.05, 3.63) is 35.9 Å². The summed E-state index contributed by atoms with van der Waals surface area (Å²) in [6.45, 7) is 2.97. The van der Waals surface area contributed by atoms with Gasteiger partial charge < -0.3 is 5.11 Å². The van der Waals surface area contributed by atoms with Crippen molar-refractivity contribution in [3.8, 4) is 0 Å². The molecule has 0 bridgehead atoms. The van der Waals surface area contributed by atoms with E-state index in [1.165, 1.54) is 5.56 Å². The predicted molar refractivity (Wildman–Crippen MR) is 80.7 cm³/mol. The summed E-state index contributed by atoms with van der Waals surface area (Å²) in [6.07, 6.45) is 2.19. The Morgan fingerprint density at radius 1 is 1.45 bits per heavy atom. The Bertz CT molecular complexity index is 482. The molecule has 2 N–H and O–H groups in total. The Labute approximate surface area is 123 Å². The van der Waals surface area contributed by atoms with E-state index in [0.717, 1.165) is 32.5 Å². The molecule has 0 radical (unpaired) electrons. The van der Waals surface area contributed by atoms with Gasteiger partial charge in [-0.3, -0.25) is 15.0 Å². The van der Waals surface area contributed by atoms with Gasteiger partial charge in [-0.1, -0.05) is 30.3 Å². The Morgan fingerprint density at radius 2 is 2.25 bits per heavy atom. The van der Waals surface area contributed by atoms with Crippen LogP contribution in [0.5, 0.6) is 0 Å². The predicted octanol–water partition coefficient (Wildman–Crippen LogP) is 1.77. The lowest BCUT2D eigenvalue weighted by atomic mass is 10.0. The van der Waals surface area contributed by atoms with E-state index < -0.39 is 12.0 Å². The number of likely N-dealkylation sites (tertiary alicyclic amines) is 1. The third-order valence-electron chi connectivity index (χ3n) is 4.04. The lowest BCUT2D eigenvalue weighted by molar-refractivity contribution is -0.139. The molecule has 0 unspecified atom stereocenters. The fraction of sp³-hybridized carbons (Fsp3) is 0.533. The summed E-state index contributed by atoms with van der Waals surface area (Å²) in [5.74, 6) is -0.0522. The molecule has 2 aliphatic heterocycles. The molecule has 1 aromatic rings. The summed E-state index contributed by atoms with van der Waals surface area (Å²) >= 11 is 1.78. The summed E-state index contributed by atoms with van der Waals surface area (Å²) in [7, 11) is 0. The van der Waals surface area contributed by atoms with Gasteiger partial charge in [0, 0.05) is 18.8 Å². The van der Waals surface area contributed by atoms with Crippen LogP contribution in [0.15, 0.2) is 30.3 Å². The van der Waals surface area contributed by atoms with Gasteiger partial charge in [-0.05, 0) is 24.9 Å². The van der Waals surface area contributed by atoms with Crippen LogP contribution in [0.25, 0.3) is 0 Å². The number of thioether (sulfide) groups is 1. The van der Waals surface area contributed by atoms with Crippen molar-refractivity contribution in [1.29, 1.82) is 0 Å². The minimum Gasteiger partial charge on any atom is -0.480 e. The second-order valence-corrected chi connectivity index (χ2v) is 7.04. The summed E-state index contributed by atoms with van der Waals surface area (Å²) in [5.41, 5.74) is 1.32. The molecule has 0 aliphatic carbocycles. The monoisotopic (exact) mass is 292 g/mol. The Kier molecular flexibility index (Phi) is 4.01. The number of aliphatic carboxylic acids is 1. The average Bonchev–Trinajstić information content (AvgIpc) is 2.84. The zero-order valence-electron chi connectivity index (χ0n) is 11.4. The maximum Gasteiger partial charge on any atom is 0.321 e. The third-order valence-corrected chi connectivity index (χ3v) is 5.55. The molecule has 0 aromatic heterocycles.